The molecule has 5 heteroatoms. The van der Waals surface area contributed by atoms with E-state index in [1.807, 2.05) is 24.3 Å². The van der Waals surface area contributed by atoms with Gasteiger partial charge in [-0.1, -0.05) is 40.9 Å². The Labute approximate surface area is 145 Å². The van der Waals surface area contributed by atoms with Crippen LogP contribution in [0.25, 0.3) is 0 Å². The van der Waals surface area contributed by atoms with E-state index in [0.717, 1.165) is 48.6 Å². The van der Waals surface area contributed by atoms with Crippen LogP contribution in [0.2, 0.25) is 0 Å². The molecule has 2 aliphatic carbocycles. The van der Waals surface area contributed by atoms with Crippen molar-refractivity contribution in [3.05, 3.63) is 34.3 Å². The highest BCUT2D eigenvalue weighted by Crippen LogP contribution is 2.41. The van der Waals surface area contributed by atoms with Gasteiger partial charge in [0.2, 0.25) is 5.91 Å². The second-order valence-electron chi connectivity index (χ2n) is 6.61. The zero-order valence-electron chi connectivity index (χ0n) is 13.1. The predicted molar refractivity (Wildman–Crippen MR) is 91.0 cm³/mol. The number of amides is 1. The first-order valence-electron chi connectivity index (χ1n) is 8.30. The average Bonchev–Trinajstić information content (AvgIpc) is 3.26. The fourth-order valence-electron chi connectivity index (χ4n) is 3.26. The zero-order chi connectivity index (χ0) is 16.3. The van der Waals surface area contributed by atoms with Crippen LogP contribution < -0.4 is 5.32 Å². The number of halogens is 1. The number of benzene rings is 1. The molecule has 2 aliphatic rings. The molecule has 2 saturated carbocycles. The molecule has 1 aromatic carbocycles. The topological polar surface area (TPSA) is 55.4 Å². The standard InChI is InChI=1S/C18H22BrNO3/c19-15-7-5-14(6-8-15)18(9-1-2-10-18)17(22)20-11-16(21)23-12-13-3-4-13/h5-8,13H,1-4,9-12H2,(H,20,22). The highest BCUT2D eigenvalue weighted by Gasteiger charge is 2.42. The lowest BCUT2D eigenvalue weighted by molar-refractivity contribution is -0.145. The van der Waals surface area contributed by atoms with E-state index in [1.165, 1.54) is 0 Å². The Kier molecular flexibility index (Phi) is 5.05. The van der Waals surface area contributed by atoms with Crippen molar-refractivity contribution in [1.82, 2.24) is 5.32 Å². The molecule has 0 spiro atoms. The molecular formula is C18H22BrNO3. The van der Waals surface area contributed by atoms with Crippen LogP contribution in [0.1, 0.15) is 44.1 Å². The van der Waals surface area contributed by atoms with Crippen molar-refractivity contribution in [3.63, 3.8) is 0 Å². The summed E-state index contributed by atoms with van der Waals surface area (Å²) >= 11 is 3.43. The summed E-state index contributed by atoms with van der Waals surface area (Å²) in [5, 5.41) is 2.80. The Hall–Kier alpha value is -1.36. The lowest BCUT2D eigenvalue weighted by Crippen LogP contribution is -2.44. The van der Waals surface area contributed by atoms with Gasteiger partial charge in [-0.3, -0.25) is 9.59 Å². The molecule has 0 saturated heterocycles. The molecule has 0 bridgehead atoms. The summed E-state index contributed by atoms with van der Waals surface area (Å²) in [6.07, 6.45) is 6.03. The van der Waals surface area contributed by atoms with Crippen LogP contribution in [0.3, 0.4) is 0 Å². The summed E-state index contributed by atoms with van der Waals surface area (Å²) in [6, 6.07) is 7.93. The third-order valence-electron chi connectivity index (χ3n) is 4.86. The highest BCUT2D eigenvalue weighted by atomic mass is 79.9. The number of nitrogens with one attached hydrogen (secondary N) is 1. The number of ether oxygens (including phenoxy) is 1. The molecule has 1 amide bonds. The fourth-order valence-corrected chi connectivity index (χ4v) is 3.53. The minimum atomic E-state index is -0.503. The highest BCUT2D eigenvalue weighted by molar-refractivity contribution is 9.10. The number of carbonyl (C=O) groups excluding carboxylic acids is 2. The first kappa shape index (κ1) is 16.5. The third-order valence-corrected chi connectivity index (χ3v) is 5.39. The van der Waals surface area contributed by atoms with Crippen LogP contribution in [-0.2, 0) is 19.7 Å². The van der Waals surface area contributed by atoms with E-state index >= 15 is 0 Å². The van der Waals surface area contributed by atoms with E-state index in [2.05, 4.69) is 21.2 Å². The summed E-state index contributed by atoms with van der Waals surface area (Å²) in [5.41, 5.74) is 0.527. The van der Waals surface area contributed by atoms with Crippen LogP contribution >= 0.6 is 15.9 Å². The molecular weight excluding hydrogens is 358 g/mol. The van der Waals surface area contributed by atoms with Crippen molar-refractivity contribution in [2.45, 2.75) is 43.9 Å². The number of carbonyl (C=O) groups is 2. The van der Waals surface area contributed by atoms with E-state index in [0.29, 0.717) is 12.5 Å². The minimum Gasteiger partial charge on any atom is -0.464 e. The fraction of sp³-hybridized carbons (Fsp3) is 0.556. The normalized spacial score (nSPS) is 19.3. The van der Waals surface area contributed by atoms with Gasteiger partial charge in [0, 0.05) is 4.47 Å². The van der Waals surface area contributed by atoms with E-state index in [-0.39, 0.29) is 18.4 Å². The van der Waals surface area contributed by atoms with Gasteiger partial charge in [0.15, 0.2) is 0 Å². The first-order chi connectivity index (χ1) is 11.1. The minimum absolute atomic E-state index is 0.0379. The van der Waals surface area contributed by atoms with Crippen molar-refractivity contribution in [3.8, 4) is 0 Å². The van der Waals surface area contributed by atoms with Crippen LogP contribution in [0, 0.1) is 5.92 Å². The number of hydrogen-bond donors (Lipinski definition) is 1. The SMILES string of the molecule is O=C(CNC(=O)C1(c2ccc(Br)cc2)CCCC1)OCC1CC1. The summed E-state index contributed by atoms with van der Waals surface area (Å²) in [6.45, 7) is 0.455. The molecule has 0 atom stereocenters. The average molecular weight is 380 g/mol. The van der Waals surface area contributed by atoms with E-state index < -0.39 is 5.41 Å². The smallest absolute Gasteiger partial charge is 0.325 e. The van der Waals surface area contributed by atoms with Gasteiger partial charge in [0.05, 0.1) is 12.0 Å². The van der Waals surface area contributed by atoms with Crippen molar-refractivity contribution in [2.75, 3.05) is 13.2 Å². The van der Waals surface area contributed by atoms with Crippen molar-refractivity contribution in [1.29, 1.82) is 0 Å². The van der Waals surface area contributed by atoms with E-state index in [1.54, 1.807) is 0 Å². The Morgan fingerprint density at radius 2 is 1.83 bits per heavy atom. The van der Waals surface area contributed by atoms with Crippen LogP contribution in [0.4, 0.5) is 0 Å². The Bertz CT molecular complexity index is 574. The molecule has 1 N–H and O–H groups in total. The van der Waals surface area contributed by atoms with E-state index in [9.17, 15) is 9.59 Å². The number of hydrogen-bond acceptors (Lipinski definition) is 3. The molecule has 0 radical (unpaired) electrons. The van der Waals surface area contributed by atoms with Crippen LogP contribution in [0.15, 0.2) is 28.7 Å². The quantitative estimate of drug-likeness (QED) is 0.771. The monoisotopic (exact) mass is 379 g/mol. The van der Waals surface area contributed by atoms with Gasteiger partial charge in [-0.05, 0) is 49.3 Å². The zero-order valence-corrected chi connectivity index (χ0v) is 14.7. The van der Waals surface area contributed by atoms with Crippen LogP contribution in [-0.4, -0.2) is 25.0 Å². The van der Waals surface area contributed by atoms with Crippen molar-refractivity contribution < 1.29 is 14.3 Å². The molecule has 1 aromatic rings. The maximum atomic E-state index is 12.8. The summed E-state index contributed by atoms with van der Waals surface area (Å²) in [5.74, 6) is 0.147. The Balaban J connectivity index is 1.61. The van der Waals surface area contributed by atoms with Gasteiger partial charge in [-0.15, -0.1) is 0 Å². The van der Waals surface area contributed by atoms with Gasteiger partial charge in [0.25, 0.3) is 0 Å². The summed E-state index contributed by atoms with van der Waals surface area (Å²) < 4.78 is 6.17. The van der Waals surface area contributed by atoms with Crippen molar-refractivity contribution >= 4 is 27.8 Å². The maximum absolute atomic E-state index is 12.8. The molecule has 3 rings (SSSR count). The number of rotatable bonds is 6. The molecule has 0 heterocycles. The third kappa shape index (κ3) is 3.94. The molecule has 2 fully saturated rings. The predicted octanol–water partition coefficient (Wildman–Crippen LogP) is 3.33. The van der Waals surface area contributed by atoms with Gasteiger partial charge in [-0.2, -0.15) is 0 Å². The van der Waals surface area contributed by atoms with Crippen LogP contribution in [0.5, 0.6) is 0 Å². The lowest BCUT2D eigenvalue weighted by Gasteiger charge is -2.28. The number of esters is 1. The van der Waals surface area contributed by atoms with Crippen molar-refractivity contribution in [2.24, 2.45) is 5.92 Å². The molecule has 124 valence electrons. The summed E-state index contributed by atoms with van der Waals surface area (Å²) in [7, 11) is 0. The first-order valence-corrected chi connectivity index (χ1v) is 9.09. The summed E-state index contributed by atoms with van der Waals surface area (Å²) in [4.78, 5) is 24.5. The second-order valence-corrected chi connectivity index (χ2v) is 7.52. The lowest BCUT2D eigenvalue weighted by atomic mass is 9.78. The van der Waals surface area contributed by atoms with Gasteiger partial charge in [0.1, 0.15) is 6.54 Å². The second kappa shape index (κ2) is 7.04. The molecule has 4 nitrogen and oxygen atoms in total. The van der Waals surface area contributed by atoms with E-state index in [4.69, 9.17) is 4.74 Å². The molecule has 0 aromatic heterocycles. The Morgan fingerprint density at radius 1 is 1.17 bits per heavy atom. The van der Waals surface area contributed by atoms with Gasteiger partial charge in [-0.25, -0.2) is 0 Å². The molecule has 0 aliphatic heterocycles. The largest absolute Gasteiger partial charge is 0.464 e. The van der Waals surface area contributed by atoms with Gasteiger partial charge < -0.3 is 10.1 Å². The Morgan fingerprint density at radius 3 is 2.43 bits per heavy atom. The molecule has 0 unspecified atom stereocenters. The molecule has 23 heavy (non-hydrogen) atoms. The van der Waals surface area contributed by atoms with Gasteiger partial charge >= 0.3 is 5.97 Å². The maximum Gasteiger partial charge on any atom is 0.325 e.